The number of carbonyl (C=O) groups excluding carboxylic acids is 12. The van der Waals surface area contributed by atoms with E-state index in [1.807, 2.05) is 10.6 Å². The minimum Gasteiger partial charge on any atom is -0.475 e. The van der Waals surface area contributed by atoms with E-state index in [9.17, 15) is 89.9 Å². The Bertz CT molecular complexity index is 3600. The molecule has 0 unspecified atom stereocenters. The first kappa shape index (κ1) is 95.0. The number of nitrogens with zero attached hydrogens (tertiary/aromatic N) is 1. The van der Waals surface area contributed by atoms with E-state index in [2.05, 4.69) is 47.5 Å². The van der Waals surface area contributed by atoms with E-state index < -0.39 is 211 Å². The maximum absolute atomic E-state index is 15.6. The summed E-state index contributed by atoms with van der Waals surface area (Å²) in [5.41, 5.74) is 24.0. The van der Waals surface area contributed by atoms with Crippen molar-refractivity contribution in [2.24, 2.45) is 45.7 Å². The van der Waals surface area contributed by atoms with E-state index >= 15 is 14.4 Å². The zero-order valence-corrected chi connectivity index (χ0v) is 60.7. The largest absolute Gasteiger partial charge is 0.490 e. The minimum atomic E-state index is -5.08. The first-order chi connectivity index (χ1) is 51.2. The quantitative estimate of drug-likeness (QED) is 0.0142. The number of aliphatic hydroxyl groups excluding tert-OH is 4. The molecule has 1 aliphatic heterocycles. The highest BCUT2D eigenvalue weighted by atomic mass is 19.4. The Balaban J connectivity index is 0.00000266. The lowest BCUT2D eigenvalue weighted by atomic mass is 9.95. The molecule has 0 spiro atoms. The molecule has 4 rings (SSSR count). The Labute approximate surface area is 626 Å². The van der Waals surface area contributed by atoms with Crippen molar-refractivity contribution in [3.63, 3.8) is 0 Å². The predicted octanol–water partition coefficient (Wildman–Crippen LogP) is -3.77. The number of aliphatic carboxylic acids is 2. The van der Waals surface area contributed by atoms with Crippen LogP contribution in [0, 0.1) is 17.8 Å². The van der Waals surface area contributed by atoms with Crippen molar-refractivity contribution < 1.29 is 129 Å². The number of hydrogen-bond donors (Lipinski definition) is 20. The van der Waals surface area contributed by atoms with Crippen molar-refractivity contribution >= 4 is 88.8 Å². The molecule has 0 aromatic heterocycles. The predicted molar refractivity (Wildman–Crippen MR) is 375 cm³/mol. The number of alkyl halides is 6. The Morgan fingerprint density at radius 2 is 1.05 bits per heavy atom. The molecule has 1 aliphatic rings. The summed E-state index contributed by atoms with van der Waals surface area (Å²) in [6, 6.07) is 5.73. The number of halogens is 6. The van der Waals surface area contributed by atoms with Crippen LogP contribution in [0.5, 0.6) is 0 Å². The first-order valence-corrected chi connectivity index (χ1v) is 33.9. The number of aliphatic imine (C=N–C) groups is 1. The third kappa shape index (κ3) is 32.8. The third-order valence-electron chi connectivity index (χ3n) is 16.1. The summed E-state index contributed by atoms with van der Waals surface area (Å²) in [4.78, 5) is 193. The summed E-state index contributed by atoms with van der Waals surface area (Å²) >= 11 is 0. The molecule has 610 valence electrons. The van der Waals surface area contributed by atoms with E-state index in [0.717, 1.165) is 6.92 Å². The molecule has 1 fully saturated rings. The first-order valence-electron chi connectivity index (χ1n) is 33.9. The zero-order valence-electron chi connectivity index (χ0n) is 60.7. The van der Waals surface area contributed by atoms with Gasteiger partial charge >= 0.3 is 30.3 Å². The number of carboxylic acid groups (broad SMARTS) is 2. The van der Waals surface area contributed by atoms with Crippen LogP contribution >= 0.6 is 0 Å². The number of carbonyl (C=O) groups is 14. The van der Waals surface area contributed by atoms with Crippen LogP contribution in [0.25, 0.3) is 0 Å². The molecule has 36 nitrogen and oxygen atoms in total. The Morgan fingerprint density at radius 1 is 0.591 bits per heavy atom. The number of rotatable bonds is 23. The minimum absolute atomic E-state index is 0.0147. The van der Waals surface area contributed by atoms with Gasteiger partial charge in [0.2, 0.25) is 65.0 Å². The van der Waals surface area contributed by atoms with E-state index in [1.165, 1.54) is 44.2 Å². The lowest BCUT2D eigenvalue weighted by molar-refractivity contribution is -0.193. The molecule has 0 aliphatic carbocycles. The number of esters is 1. The van der Waals surface area contributed by atoms with Gasteiger partial charge in [0.15, 0.2) is 24.2 Å². The molecule has 15 atom stereocenters. The molecular formula is C68H95F6N15O21. The van der Waals surface area contributed by atoms with Crippen LogP contribution < -0.4 is 76.1 Å². The van der Waals surface area contributed by atoms with Crippen molar-refractivity contribution in [1.29, 1.82) is 0 Å². The molecular weight excluding hydrogens is 1480 g/mol. The van der Waals surface area contributed by atoms with Crippen LogP contribution in [0.3, 0.4) is 0 Å². The van der Waals surface area contributed by atoms with Crippen LogP contribution in [0.1, 0.15) is 96.9 Å². The van der Waals surface area contributed by atoms with Gasteiger partial charge in [-0.05, 0) is 67.1 Å². The molecule has 3 aromatic rings. The number of nitrogens with two attached hydrogens (primary N) is 4. The number of guanidine groups is 1. The molecule has 1 saturated heterocycles. The number of cyclic esters (lactones) is 1. The number of ether oxygens (including phenoxy) is 1. The fourth-order valence-corrected chi connectivity index (χ4v) is 9.95. The van der Waals surface area contributed by atoms with Crippen LogP contribution in [-0.2, 0) is 84.7 Å². The van der Waals surface area contributed by atoms with Gasteiger partial charge < -0.3 is 111 Å². The summed E-state index contributed by atoms with van der Waals surface area (Å²) in [6.45, 7) is 8.21. The SMILES string of the molecule is CC[C@H](C)[C@@H]1NC(=O)[C@@H](CCCN=C(N)N)NC(=O)[C@H](CC(C)C)NC(=O)[C@H]([C@H](O)C(C)C)NC(=O)[C@@H](NC(=O)[C@H](Cc2ccccc2)NC(=O)[C@H](N)Cc2ccccc2)[C@@H](c2ccccc2)OC(=O)[C@H](CO)NC(=O)[C@H]([C@H](O)C(N)=O)NC(=O)CNC(=O)[C@H]([C@H](C)O)NC1=O.O=C(O)C(F)(F)F.O=C(O)C(F)(F)F. The summed E-state index contributed by atoms with van der Waals surface area (Å²) < 4.78 is 69.5. The lowest BCUT2D eigenvalue weighted by Gasteiger charge is -2.33. The molecule has 1 heterocycles. The van der Waals surface area contributed by atoms with Gasteiger partial charge in [-0.3, -0.25) is 57.7 Å². The average molecular weight is 1570 g/mol. The molecule has 0 saturated carbocycles. The van der Waals surface area contributed by atoms with E-state index in [1.54, 1.807) is 88.4 Å². The van der Waals surface area contributed by atoms with E-state index in [-0.39, 0.29) is 56.6 Å². The highest BCUT2D eigenvalue weighted by molar-refractivity contribution is 6.00. The van der Waals surface area contributed by atoms with Crippen molar-refractivity contribution in [2.45, 2.75) is 184 Å². The van der Waals surface area contributed by atoms with Gasteiger partial charge in [-0.25, -0.2) is 14.4 Å². The van der Waals surface area contributed by atoms with Crippen LogP contribution in [0.4, 0.5) is 26.3 Å². The van der Waals surface area contributed by atoms with E-state index in [0.29, 0.717) is 11.1 Å². The Morgan fingerprint density at radius 3 is 1.53 bits per heavy atom. The number of carboxylic acids is 2. The summed E-state index contributed by atoms with van der Waals surface area (Å²) in [5, 5.41) is 82.7. The summed E-state index contributed by atoms with van der Waals surface area (Å²) in [5.74, 6) is -22.6. The normalized spacial score (nSPS) is 22.1. The van der Waals surface area contributed by atoms with Gasteiger partial charge in [0.05, 0.1) is 31.4 Å². The molecule has 11 amide bonds. The van der Waals surface area contributed by atoms with Crippen molar-refractivity contribution in [3.05, 3.63) is 108 Å². The van der Waals surface area contributed by atoms with Crippen molar-refractivity contribution in [2.75, 3.05) is 19.7 Å². The van der Waals surface area contributed by atoms with Gasteiger partial charge in [-0.1, -0.05) is 139 Å². The van der Waals surface area contributed by atoms with Gasteiger partial charge in [-0.15, -0.1) is 0 Å². The van der Waals surface area contributed by atoms with Crippen molar-refractivity contribution in [1.82, 2.24) is 53.2 Å². The maximum atomic E-state index is 15.6. The number of hydrogen-bond acceptors (Lipinski definition) is 21. The second-order valence-corrected chi connectivity index (χ2v) is 25.8. The van der Waals surface area contributed by atoms with Gasteiger partial charge in [0, 0.05) is 13.0 Å². The highest BCUT2D eigenvalue weighted by Gasteiger charge is 2.45. The smallest absolute Gasteiger partial charge is 0.475 e. The van der Waals surface area contributed by atoms with Gasteiger partial charge in [0.1, 0.15) is 48.3 Å². The molecule has 42 heteroatoms. The van der Waals surface area contributed by atoms with Crippen LogP contribution in [0.2, 0.25) is 0 Å². The average Bonchev–Trinajstić information content (AvgIpc) is 0.810. The molecule has 0 radical (unpaired) electrons. The van der Waals surface area contributed by atoms with E-state index in [4.69, 9.17) is 47.5 Å². The number of amides is 11. The fraction of sp³-hybridized carbons (Fsp3) is 0.515. The van der Waals surface area contributed by atoms with Gasteiger partial charge in [0.25, 0.3) is 0 Å². The fourth-order valence-electron chi connectivity index (χ4n) is 9.95. The molecule has 3 aromatic carbocycles. The Hall–Kier alpha value is -11.1. The van der Waals surface area contributed by atoms with Crippen molar-refractivity contribution in [3.8, 4) is 0 Å². The number of aliphatic hydroxyl groups is 4. The summed E-state index contributed by atoms with van der Waals surface area (Å²) in [7, 11) is 0. The molecule has 24 N–H and O–H groups in total. The monoisotopic (exact) mass is 1570 g/mol. The second kappa shape index (κ2) is 45.6. The summed E-state index contributed by atoms with van der Waals surface area (Å²) in [6.07, 6.45) is -18.7. The van der Waals surface area contributed by atoms with Crippen LogP contribution in [0.15, 0.2) is 96.0 Å². The lowest BCUT2D eigenvalue weighted by Crippen LogP contribution is -2.64. The number of primary amides is 1. The maximum Gasteiger partial charge on any atom is 0.490 e. The highest BCUT2D eigenvalue weighted by Crippen LogP contribution is 2.25. The molecule has 0 bridgehead atoms. The number of benzene rings is 3. The van der Waals surface area contributed by atoms with Crippen LogP contribution in [-0.4, -0.2) is 230 Å². The number of nitrogens with one attached hydrogen (secondary N) is 10. The second-order valence-electron chi connectivity index (χ2n) is 25.8. The topological polar surface area (TPSA) is 606 Å². The Kier molecular flexibility index (Phi) is 39.4. The molecule has 110 heavy (non-hydrogen) atoms. The van der Waals surface area contributed by atoms with Gasteiger partial charge in [-0.2, -0.15) is 26.3 Å². The third-order valence-corrected chi connectivity index (χ3v) is 16.1. The zero-order chi connectivity index (χ0) is 83.7. The standard InChI is InChI=1S/C64H93N15O17.2C2HF3O2/c1-8-34(6)45-59(91)77-46(35(7)81)58(90)70-30-44(82)75-48(51(84)53(66)85)61(93)74-43(31-80)63(95)96-52(38-23-16-11-17-24-38)49(79-57(89)42(29-37-21-14-10-15-22-37)72-54(86)39(65)28-36-19-12-9-13-20-36)62(94)78-47(50(83)33(4)5)60(92)73-41(27-32(2)3)56(88)71-40(55(87)76-45)25-18-26-69-64(67)68;2*3-2(4,5)1(6)7/h9-17,19-24,32-35,39-43,45-52,80-81,83-84H,8,18,25-31,65H2,1-7H3,(H2,66,85)(H,70,90)(H,71,88)(H,72,86)(H,73,92)(H,74,93)(H,75,82)(H,76,87)(H,77,91)(H,78,94)(H,79,89)(H4,67,68,69);2*(H,6,7)/t34-,35-,39+,40+,41-,42-,43-,45-,46-,47-,48-,49-,50+,51-,52+;;/m0../s1.